The van der Waals surface area contributed by atoms with Crippen LogP contribution in [0.4, 0.5) is 0 Å². The Hall–Kier alpha value is -2.32. The molecule has 1 aromatic heterocycles. The minimum atomic E-state index is -0.134. The van der Waals surface area contributed by atoms with Gasteiger partial charge in [-0.2, -0.15) is 0 Å². The monoisotopic (exact) mass is 422 g/mol. The second-order valence-corrected chi connectivity index (χ2v) is 9.44. The molecule has 0 fully saturated rings. The van der Waals surface area contributed by atoms with Crippen LogP contribution in [0.3, 0.4) is 0 Å². The summed E-state index contributed by atoms with van der Waals surface area (Å²) in [6.07, 6.45) is 7.57. The lowest BCUT2D eigenvalue weighted by atomic mass is 9.80. The number of esters is 1. The van der Waals surface area contributed by atoms with E-state index in [1.807, 2.05) is 18.7 Å². The summed E-state index contributed by atoms with van der Waals surface area (Å²) in [5.74, 6) is 7.55. The van der Waals surface area contributed by atoms with E-state index in [0.29, 0.717) is 18.7 Å². The molecule has 0 N–H and O–H groups in total. The first-order valence-electron chi connectivity index (χ1n) is 10.7. The molecule has 0 bridgehead atoms. The van der Waals surface area contributed by atoms with Crippen LogP contribution in [0.2, 0.25) is 0 Å². The van der Waals surface area contributed by atoms with Crippen molar-refractivity contribution in [2.45, 2.75) is 70.1 Å². The van der Waals surface area contributed by atoms with E-state index in [0.717, 1.165) is 30.5 Å². The second kappa shape index (κ2) is 10.1. The van der Waals surface area contributed by atoms with Gasteiger partial charge in [0.15, 0.2) is 0 Å². The Morgan fingerprint density at radius 2 is 2.07 bits per heavy atom. The van der Waals surface area contributed by atoms with Crippen LogP contribution < -0.4 is 0 Å². The normalized spacial score (nSPS) is 14.4. The summed E-state index contributed by atoms with van der Waals surface area (Å²) in [4.78, 5) is 21.7. The number of aryl methyl sites for hydroxylation is 2. The maximum absolute atomic E-state index is 11.4. The Balaban J connectivity index is 1.68. The summed E-state index contributed by atoms with van der Waals surface area (Å²) < 4.78 is 4.96. The van der Waals surface area contributed by atoms with Crippen molar-refractivity contribution in [3.63, 3.8) is 0 Å². The SMILES string of the molecule is CCOC(=O)CCCCc1cncc(C#Cc2cc3c(cc2C)SCCC3(C)C)n1. The largest absolute Gasteiger partial charge is 0.466 e. The highest BCUT2D eigenvalue weighted by Crippen LogP contribution is 2.42. The molecule has 3 rings (SSSR count). The number of carbonyl (C=O) groups excluding carboxylic acids is 1. The van der Waals surface area contributed by atoms with Gasteiger partial charge >= 0.3 is 5.97 Å². The van der Waals surface area contributed by atoms with Crippen LogP contribution in [0.5, 0.6) is 0 Å². The van der Waals surface area contributed by atoms with Crippen molar-refractivity contribution in [1.82, 2.24) is 9.97 Å². The van der Waals surface area contributed by atoms with Crippen molar-refractivity contribution < 1.29 is 9.53 Å². The van der Waals surface area contributed by atoms with Gasteiger partial charge in [0.05, 0.1) is 18.5 Å². The Bertz CT molecular complexity index is 973. The Morgan fingerprint density at radius 3 is 2.87 bits per heavy atom. The summed E-state index contributed by atoms with van der Waals surface area (Å²) >= 11 is 1.94. The standard InChI is InChI=1S/C25H30N2O2S/c1-5-29-24(28)9-7-6-8-20-16-26-17-21(27-20)11-10-19-15-22-23(14-18(19)2)30-13-12-25(22,3)4/h14-17H,5-9,12-13H2,1-4H3. The average Bonchev–Trinajstić information content (AvgIpc) is 2.70. The number of carbonyl (C=O) groups is 1. The molecular weight excluding hydrogens is 392 g/mol. The fraction of sp³-hybridized carbons (Fsp3) is 0.480. The number of rotatable bonds is 6. The van der Waals surface area contributed by atoms with Gasteiger partial charge in [-0.1, -0.05) is 19.8 Å². The highest BCUT2D eigenvalue weighted by Gasteiger charge is 2.28. The molecule has 0 spiro atoms. The van der Waals surface area contributed by atoms with E-state index in [2.05, 4.69) is 54.7 Å². The van der Waals surface area contributed by atoms with Gasteiger partial charge in [-0.3, -0.25) is 9.78 Å². The zero-order valence-electron chi connectivity index (χ0n) is 18.4. The highest BCUT2D eigenvalue weighted by molar-refractivity contribution is 7.99. The van der Waals surface area contributed by atoms with Crippen LogP contribution in [-0.4, -0.2) is 28.3 Å². The number of aromatic nitrogens is 2. The third-order valence-electron chi connectivity index (χ3n) is 5.42. The molecule has 1 aliphatic heterocycles. The van der Waals surface area contributed by atoms with Crippen LogP contribution in [-0.2, 0) is 21.4 Å². The number of thioether (sulfide) groups is 1. The molecule has 0 saturated carbocycles. The molecule has 1 aliphatic rings. The number of benzene rings is 1. The van der Waals surface area contributed by atoms with Crippen LogP contribution in [0.15, 0.2) is 29.4 Å². The zero-order valence-corrected chi connectivity index (χ0v) is 19.2. The van der Waals surface area contributed by atoms with Crippen LogP contribution in [0, 0.1) is 18.8 Å². The Labute approximate surface area is 184 Å². The molecule has 0 unspecified atom stereocenters. The predicted molar refractivity (Wildman–Crippen MR) is 122 cm³/mol. The molecule has 4 nitrogen and oxygen atoms in total. The van der Waals surface area contributed by atoms with Gasteiger partial charge in [-0.15, -0.1) is 11.8 Å². The average molecular weight is 423 g/mol. The molecule has 1 aromatic carbocycles. The van der Waals surface area contributed by atoms with Crippen molar-refractivity contribution in [1.29, 1.82) is 0 Å². The van der Waals surface area contributed by atoms with Gasteiger partial charge in [0, 0.05) is 23.1 Å². The van der Waals surface area contributed by atoms with Crippen molar-refractivity contribution >= 4 is 17.7 Å². The van der Waals surface area contributed by atoms with Crippen LogP contribution >= 0.6 is 11.8 Å². The maximum Gasteiger partial charge on any atom is 0.305 e. The Kier molecular flexibility index (Phi) is 7.55. The van der Waals surface area contributed by atoms with Gasteiger partial charge in [0.25, 0.3) is 0 Å². The fourth-order valence-electron chi connectivity index (χ4n) is 3.54. The number of ether oxygens (including phenoxy) is 1. The summed E-state index contributed by atoms with van der Waals surface area (Å²) in [5.41, 5.74) is 5.44. The quantitative estimate of drug-likeness (QED) is 0.362. The maximum atomic E-state index is 11.4. The molecule has 5 heteroatoms. The zero-order chi connectivity index (χ0) is 21.6. The molecule has 0 saturated heterocycles. The van der Waals surface area contributed by atoms with E-state index in [1.165, 1.54) is 28.2 Å². The molecule has 158 valence electrons. The highest BCUT2D eigenvalue weighted by atomic mass is 32.2. The van der Waals surface area contributed by atoms with E-state index in [4.69, 9.17) is 4.74 Å². The first-order valence-corrected chi connectivity index (χ1v) is 11.6. The van der Waals surface area contributed by atoms with Crippen molar-refractivity contribution in [2.24, 2.45) is 0 Å². The number of unbranched alkanes of at least 4 members (excludes halogenated alkanes) is 1. The van der Waals surface area contributed by atoms with Crippen molar-refractivity contribution in [3.05, 3.63) is 52.6 Å². The number of nitrogens with zero attached hydrogens (tertiary/aromatic N) is 2. The lowest BCUT2D eigenvalue weighted by molar-refractivity contribution is -0.143. The van der Waals surface area contributed by atoms with Crippen molar-refractivity contribution in [2.75, 3.05) is 12.4 Å². The lowest BCUT2D eigenvalue weighted by Crippen LogP contribution is -2.23. The van der Waals surface area contributed by atoms with Crippen molar-refractivity contribution in [3.8, 4) is 11.8 Å². The molecule has 0 radical (unpaired) electrons. The van der Waals surface area contributed by atoms with E-state index in [9.17, 15) is 4.79 Å². The number of hydrogen-bond acceptors (Lipinski definition) is 5. The van der Waals surface area contributed by atoms with Gasteiger partial charge in [-0.05, 0) is 79.9 Å². The van der Waals surface area contributed by atoms with E-state index >= 15 is 0 Å². The van der Waals surface area contributed by atoms with Gasteiger partial charge < -0.3 is 4.74 Å². The number of fused-ring (bicyclic) bond motifs is 1. The molecule has 2 heterocycles. The fourth-order valence-corrected chi connectivity index (χ4v) is 5.13. The topological polar surface area (TPSA) is 52.1 Å². The molecule has 0 atom stereocenters. The molecule has 2 aromatic rings. The minimum Gasteiger partial charge on any atom is -0.466 e. The predicted octanol–water partition coefficient (Wildman–Crippen LogP) is 5.23. The molecule has 0 amide bonds. The summed E-state index contributed by atoms with van der Waals surface area (Å²) in [5, 5.41) is 0. The van der Waals surface area contributed by atoms with Crippen LogP contribution in [0.1, 0.15) is 74.5 Å². The van der Waals surface area contributed by atoms with Gasteiger partial charge in [0.2, 0.25) is 0 Å². The smallest absolute Gasteiger partial charge is 0.305 e. The lowest BCUT2D eigenvalue weighted by Gasteiger charge is -2.32. The summed E-state index contributed by atoms with van der Waals surface area (Å²) in [7, 11) is 0. The van der Waals surface area contributed by atoms with Crippen LogP contribution in [0.25, 0.3) is 0 Å². The Morgan fingerprint density at radius 1 is 1.23 bits per heavy atom. The van der Waals surface area contributed by atoms with Gasteiger partial charge in [0.1, 0.15) is 5.69 Å². The van der Waals surface area contributed by atoms with E-state index < -0.39 is 0 Å². The van der Waals surface area contributed by atoms with E-state index in [1.54, 1.807) is 12.4 Å². The molecule has 30 heavy (non-hydrogen) atoms. The summed E-state index contributed by atoms with van der Waals surface area (Å²) in [6.45, 7) is 9.01. The first-order chi connectivity index (χ1) is 14.4. The minimum absolute atomic E-state index is 0.134. The first kappa shape index (κ1) is 22.4. The number of hydrogen-bond donors (Lipinski definition) is 0. The molecular formula is C25H30N2O2S. The molecule has 0 aliphatic carbocycles. The van der Waals surface area contributed by atoms with E-state index in [-0.39, 0.29) is 11.4 Å². The summed E-state index contributed by atoms with van der Waals surface area (Å²) in [6, 6.07) is 4.53. The third-order valence-corrected chi connectivity index (χ3v) is 6.48. The third kappa shape index (κ3) is 5.86. The van der Waals surface area contributed by atoms with Gasteiger partial charge in [-0.25, -0.2) is 4.98 Å². The second-order valence-electron chi connectivity index (χ2n) is 8.30.